The van der Waals surface area contributed by atoms with E-state index in [4.69, 9.17) is 9.26 Å². The first-order valence-electron chi connectivity index (χ1n) is 7.77. The summed E-state index contributed by atoms with van der Waals surface area (Å²) >= 11 is 0. The van der Waals surface area contributed by atoms with Crippen molar-refractivity contribution in [3.8, 4) is 5.75 Å². The van der Waals surface area contributed by atoms with Crippen molar-refractivity contribution in [1.29, 1.82) is 0 Å². The lowest BCUT2D eigenvalue weighted by Gasteiger charge is -2.28. The number of nitrogens with zero attached hydrogens (tertiary/aromatic N) is 3. The van der Waals surface area contributed by atoms with Crippen molar-refractivity contribution in [1.82, 2.24) is 14.9 Å². The Morgan fingerprint density at radius 3 is 2.84 bits per heavy atom. The molecule has 0 saturated heterocycles. The normalized spacial score (nSPS) is 14.3. The second kappa shape index (κ2) is 6.81. The van der Waals surface area contributed by atoms with Gasteiger partial charge in [-0.15, -0.1) is 0 Å². The number of fused-ring (bicyclic) bond motifs is 1. The van der Waals surface area contributed by atoms with Gasteiger partial charge in [-0.1, -0.05) is 12.1 Å². The molecule has 0 atom stereocenters. The molecule has 1 aliphatic heterocycles. The molecule has 0 radical (unpaired) electrons. The Kier molecular flexibility index (Phi) is 4.73. The number of anilines is 1. The second-order valence-electron chi connectivity index (χ2n) is 5.53. The van der Waals surface area contributed by atoms with Crippen LogP contribution in [-0.4, -0.2) is 37.6 Å². The van der Waals surface area contributed by atoms with Crippen LogP contribution in [0.3, 0.4) is 0 Å². The second-order valence-corrected chi connectivity index (χ2v) is 7.29. The first-order chi connectivity index (χ1) is 11.9. The van der Waals surface area contributed by atoms with Crippen LogP contribution in [0.5, 0.6) is 5.75 Å². The molecule has 0 spiro atoms. The zero-order valence-electron chi connectivity index (χ0n) is 13.9. The van der Waals surface area contributed by atoms with Crippen LogP contribution < -0.4 is 14.4 Å². The highest BCUT2D eigenvalue weighted by Gasteiger charge is 2.29. The highest BCUT2D eigenvalue weighted by molar-refractivity contribution is 7.89. The third-order valence-corrected chi connectivity index (χ3v) is 5.05. The predicted octanol–water partition coefficient (Wildman–Crippen LogP) is 0.992. The summed E-state index contributed by atoms with van der Waals surface area (Å²) in [4.78, 5) is 17.8. The molecule has 2 aromatic rings. The van der Waals surface area contributed by atoms with Crippen LogP contribution in [0.15, 0.2) is 27.6 Å². The molecule has 1 aliphatic rings. The van der Waals surface area contributed by atoms with Gasteiger partial charge in [-0.25, -0.2) is 13.1 Å². The molecule has 2 heterocycles. The molecule has 1 amide bonds. The third-order valence-electron chi connectivity index (χ3n) is 3.59. The van der Waals surface area contributed by atoms with Crippen molar-refractivity contribution >= 4 is 21.6 Å². The molecule has 0 aliphatic carbocycles. The maximum absolute atomic E-state index is 12.3. The molecule has 25 heavy (non-hydrogen) atoms. The van der Waals surface area contributed by atoms with Gasteiger partial charge in [0, 0.05) is 13.5 Å². The minimum Gasteiger partial charge on any atom is -0.482 e. The van der Waals surface area contributed by atoms with E-state index in [-0.39, 0.29) is 24.0 Å². The van der Waals surface area contributed by atoms with Crippen LogP contribution in [0.4, 0.5) is 5.69 Å². The molecule has 1 aromatic carbocycles. The lowest BCUT2D eigenvalue weighted by Crippen LogP contribution is -2.38. The number of aromatic nitrogens is 2. The molecule has 9 nitrogen and oxygen atoms in total. The van der Waals surface area contributed by atoms with E-state index in [0.29, 0.717) is 36.1 Å². The SMILES string of the molecule is CCCNS(=O)(=O)c1ccc2c(c1)N(Cc1noc(C)n1)C(=O)CO2. The van der Waals surface area contributed by atoms with E-state index in [1.807, 2.05) is 6.92 Å². The van der Waals surface area contributed by atoms with Gasteiger partial charge in [0.25, 0.3) is 5.91 Å². The molecule has 1 aromatic heterocycles. The number of aryl methyl sites for hydroxylation is 1. The third kappa shape index (κ3) is 3.64. The summed E-state index contributed by atoms with van der Waals surface area (Å²) in [5, 5.41) is 3.78. The minimum atomic E-state index is -3.66. The molecule has 0 bridgehead atoms. The van der Waals surface area contributed by atoms with Gasteiger partial charge in [0.15, 0.2) is 12.4 Å². The summed E-state index contributed by atoms with van der Waals surface area (Å²) in [5.41, 5.74) is 0.359. The van der Waals surface area contributed by atoms with Gasteiger partial charge in [-0.2, -0.15) is 4.98 Å². The van der Waals surface area contributed by atoms with E-state index < -0.39 is 10.0 Å². The van der Waals surface area contributed by atoms with Crippen molar-refractivity contribution in [3.63, 3.8) is 0 Å². The van der Waals surface area contributed by atoms with Crippen molar-refractivity contribution in [2.45, 2.75) is 31.7 Å². The summed E-state index contributed by atoms with van der Waals surface area (Å²) in [6, 6.07) is 4.40. The van der Waals surface area contributed by atoms with Crippen LogP contribution >= 0.6 is 0 Å². The molecule has 3 rings (SSSR count). The molecule has 1 N–H and O–H groups in total. The van der Waals surface area contributed by atoms with Gasteiger partial charge in [0.05, 0.1) is 17.1 Å². The molecule has 10 heteroatoms. The summed E-state index contributed by atoms with van der Waals surface area (Å²) in [6.07, 6.45) is 0.676. The molecular formula is C15H18N4O5S. The monoisotopic (exact) mass is 366 g/mol. The Bertz CT molecular complexity index is 893. The summed E-state index contributed by atoms with van der Waals surface area (Å²) in [7, 11) is -3.66. The van der Waals surface area contributed by atoms with Crippen LogP contribution in [0, 0.1) is 6.92 Å². The maximum Gasteiger partial charge on any atom is 0.265 e. The van der Waals surface area contributed by atoms with Gasteiger partial charge in [0.1, 0.15) is 5.75 Å². The topological polar surface area (TPSA) is 115 Å². The fourth-order valence-corrected chi connectivity index (χ4v) is 3.54. The number of sulfonamides is 1. The van der Waals surface area contributed by atoms with Crippen molar-refractivity contribution < 1.29 is 22.5 Å². The lowest BCUT2D eigenvalue weighted by molar-refractivity contribution is -0.121. The quantitative estimate of drug-likeness (QED) is 0.811. The fourth-order valence-electron chi connectivity index (χ4n) is 2.39. The molecule has 0 saturated carbocycles. The van der Waals surface area contributed by atoms with E-state index in [9.17, 15) is 13.2 Å². The maximum atomic E-state index is 12.3. The van der Waals surface area contributed by atoms with Crippen LogP contribution in [-0.2, 0) is 21.4 Å². The molecular weight excluding hydrogens is 348 g/mol. The van der Waals surface area contributed by atoms with E-state index in [1.165, 1.54) is 23.1 Å². The number of rotatable bonds is 6. The Labute approximate surface area is 145 Å². The number of hydrogen-bond acceptors (Lipinski definition) is 7. The van der Waals surface area contributed by atoms with E-state index in [1.54, 1.807) is 6.92 Å². The van der Waals surface area contributed by atoms with Gasteiger partial charge >= 0.3 is 0 Å². The van der Waals surface area contributed by atoms with E-state index in [0.717, 1.165) is 0 Å². The Morgan fingerprint density at radius 1 is 1.36 bits per heavy atom. The smallest absolute Gasteiger partial charge is 0.265 e. The highest BCUT2D eigenvalue weighted by atomic mass is 32.2. The largest absolute Gasteiger partial charge is 0.482 e. The number of benzene rings is 1. The average Bonchev–Trinajstić information content (AvgIpc) is 3.00. The number of hydrogen-bond donors (Lipinski definition) is 1. The highest BCUT2D eigenvalue weighted by Crippen LogP contribution is 2.34. The molecule has 0 unspecified atom stereocenters. The Hall–Kier alpha value is -2.46. The zero-order chi connectivity index (χ0) is 18.0. The zero-order valence-corrected chi connectivity index (χ0v) is 14.7. The average molecular weight is 366 g/mol. The Morgan fingerprint density at radius 2 is 2.16 bits per heavy atom. The van der Waals surface area contributed by atoms with Crippen LogP contribution in [0.1, 0.15) is 25.1 Å². The minimum absolute atomic E-state index is 0.0623. The molecule has 134 valence electrons. The van der Waals surface area contributed by atoms with Crippen LogP contribution in [0.25, 0.3) is 0 Å². The van der Waals surface area contributed by atoms with Crippen molar-refractivity contribution in [2.24, 2.45) is 0 Å². The number of carbonyl (C=O) groups is 1. The van der Waals surface area contributed by atoms with Crippen LogP contribution in [0.2, 0.25) is 0 Å². The van der Waals surface area contributed by atoms with E-state index in [2.05, 4.69) is 14.9 Å². The Balaban J connectivity index is 1.96. The van der Waals surface area contributed by atoms with Gasteiger partial charge in [-0.05, 0) is 24.6 Å². The van der Waals surface area contributed by atoms with Gasteiger partial charge < -0.3 is 9.26 Å². The number of ether oxygens (including phenoxy) is 1. The van der Waals surface area contributed by atoms with Gasteiger partial charge in [0.2, 0.25) is 15.9 Å². The van der Waals surface area contributed by atoms with Crippen molar-refractivity contribution in [3.05, 3.63) is 29.9 Å². The first kappa shape index (κ1) is 17.4. The van der Waals surface area contributed by atoms with Crippen molar-refractivity contribution in [2.75, 3.05) is 18.1 Å². The standard InChI is InChI=1S/C15H18N4O5S/c1-3-6-16-25(21,22)11-4-5-13-12(7-11)19(15(20)9-23-13)8-14-17-10(2)24-18-14/h4-5,7,16H,3,6,8-9H2,1-2H3. The summed E-state index contributed by atoms with van der Waals surface area (Å²) in [6.45, 7) is 3.79. The molecule has 0 fully saturated rings. The number of carbonyl (C=O) groups excluding carboxylic acids is 1. The van der Waals surface area contributed by atoms with Gasteiger partial charge in [-0.3, -0.25) is 9.69 Å². The number of nitrogens with one attached hydrogen (secondary N) is 1. The van der Waals surface area contributed by atoms with E-state index >= 15 is 0 Å². The first-order valence-corrected chi connectivity index (χ1v) is 9.25. The predicted molar refractivity (Wildman–Crippen MR) is 87.6 cm³/mol. The fraction of sp³-hybridized carbons (Fsp3) is 0.400. The summed E-state index contributed by atoms with van der Waals surface area (Å²) < 4.78 is 37.5. The lowest BCUT2D eigenvalue weighted by atomic mass is 10.2. The number of amides is 1. The summed E-state index contributed by atoms with van der Waals surface area (Å²) in [5.74, 6) is 0.826.